The Morgan fingerprint density at radius 2 is 2.04 bits per heavy atom. The molecule has 4 heteroatoms. The molecular weight excluding hydrogens is 304 g/mol. The zero-order chi connectivity index (χ0) is 17.1. The Morgan fingerprint density at radius 1 is 1.25 bits per heavy atom. The Kier molecular flexibility index (Phi) is 3.70. The Bertz CT molecular complexity index is 630. The van der Waals surface area contributed by atoms with Gasteiger partial charge in [0.05, 0.1) is 24.4 Å². The second-order valence-corrected chi connectivity index (χ2v) is 8.73. The number of fused-ring (bicyclic) bond motifs is 2. The lowest BCUT2D eigenvalue weighted by atomic mass is 9.48. The highest BCUT2D eigenvalue weighted by molar-refractivity contribution is 5.91. The number of ether oxygens (including phenoxy) is 2. The van der Waals surface area contributed by atoms with E-state index in [0.717, 1.165) is 32.1 Å². The van der Waals surface area contributed by atoms with Gasteiger partial charge in [-0.2, -0.15) is 0 Å². The highest BCUT2D eigenvalue weighted by atomic mass is 16.5. The monoisotopic (exact) mass is 332 g/mol. The molecule has 2 aliphatic carbocycles. The molecule has 0 spiro atoms. The van der Waals surface area contributed by atoms with Crippen molar-refractivity contribution in [2.45, 2.75) is 65.1 Å². The summed E-state index contributed by atoms with van der Waals surface area (Å²) in [5.74, 6) is 0.261. The Labute approximate surface area is 143 Å². The third-order valence-corrected chi connectivity index (χ3v) is 7.26. The standard InChI is InChI=1S/C20H28O4/c1-19(2)16-5-4-12-11-24-15(13-7-9-23-18(13)22)10-14(12)20(16,3)8-6-17(19)21/h7,15-17,21H,4-6,8-11H2,1-3H3/t15-,16+,17+,20-/m1/s1. The fourth-order valence-electron chi connectivity index (χ4n) is 5.78. The quantitative estimate of drug-likeness (QED) is 0.592. The van der Waals surface area contributed by atoms with Gasteiger partial charge in [0.15, 0.2) is 0 Å². The normalized spacial score (nSPS) is 41.4. The first-order valence-electron chi connectivity index (χ1n) is 9.22. The first kappa shape index (κ1) is 16.3. The summed E-state index contributed by atoms with van der Waals surface area (Å²) in [6.07, 6.45) is 6.35. The molecule has 0 saturated heterocycles. The number of aliphatic hydroxyl groups is 1. The molecule has 1 fully saturated rings. The fraction of sp³-hybridized carbons (Fsp3) is 0.750. The molecule has 0 aromatic heterocycles. The molecule has 132 valence electrons. The van der Waals surface area contributed by atoms with Gasteiger partial charge in [0.1, 0.15) is 6.61 Å². The number of cyclic esters (lactones) is 1. The number of esters is 1. The molecule has 2 heterocycles. The van der Waals surface area contributed by atoms with Crippen LogP contribution in [0.1, 0.15) is 52.9 Å². The van der Waals surface area contributed by atoms with Crippen LogP contribution in [0.4, 0.5) is 0 Å². The van der Waals surface area contributed by atoms with Crippen LogP contribution in [0.2, 0.25) is 0 Å². The molecule has 1 N–H and O–H groups in total. The maximum absolute atomic E-state index is 11.9. The first-order valence-corrected chi connectivity index (χ1v) is 9.22. The second kappa shape index (κ2) is 5.43. The van der Waals surface area contributed by atoms with E-state index in [1.54, 1.807) is 0 Å². The van der Waals surface area contributed by atoms with Crippen LogP contribution in [-0.2, 0) is 14.3 Å². The van der Waals surface area contributed by atoms with Gasteiger partial charge in [-0.3, -0.25) is 0 Å². The van der Waals surface area contributed by atoms with Crippen LogP contribution in [0.25, 0.3) is 0 Å². The van der Waals surface area contributed by atoms with Gasteiger partial charge >= 0.3 is 5.97 Å². The van der Waals surface area contributed by atoms with Gasteiger partial charge < -0.3 is 14.6 Å². The van der Waals surface area contributed by atoms with Gasteiger partial charge in [0.2, 0.25) is 0 Å². The minimum Gasteiger partial charge on any atom is -0.458 e. The predicted octanol–water partition coefficient (Wildman–Crippen LogP) is 3.15. The highest BCUT2D eigenvalue weighted by Gasteiger charge is 2.55. The van der Waals surface area contributed by atoms with Crippen LogP contribution in [0, 0.1) is 16.7 Å². The van der Waals surface area contributed by atoms with E-state index in [1.807, 2.05) is 6.08 Å². The van der Waals surface area contributed by atoms with E-state index >= 15 is 0 Å². The van der Waals surface area contributed by atoms with Gasteiger partial charge in [0.25, 0.3) is 0 Å². The molecule has 0 radical (unpaired) electrons. The van der Waals surface area contributed by atoms with Crippen molar-refractivity contribution < 1.29 is 19.4 Å². The molecule has 4 nitrogen and oxygen atoms in total. The summed E-state index contributed by atoms with van der Waals surface area (Å²) in [6, 6.07) is 0. The summed E-state index contributed by atoms with van der Waals surface area (Å²) in [4.78, 5) is 11.9. The van der Waals surface area contributed by atoms with Crippen molar-refractivity contribution in [3.8, 4) is 0 Å². The average Bonchev–Trinajstić information content (AvgIpc) is 2.97. The third-order valence-electron chi connectivity index (χ3n) is 7.26. The number of rotatable bonds is 1. The molecule has 0 bridgehead atoms. The summed E-state index contributed by atoms with van der Waals surface area (Å²) in [5, 5.41) is 10.5. The molecular formula is C20H28O4. The zero-order valence-electron chi connectivity index (χ0n) is 14.9. The van der Waals surface area contributed by atoms with E-state index in [4.69, 9.17) is 9.47 Å². The average molecular weight is 332 g/mol. The highest BCUT2D eigenvalue weighted by Crippen LogP contribution is 2.61. The lowest BCUT2D eigenvalue weighted by molar-refractivity contribution is -0.137. The van der Waals surface area contributed by atoms with E-state index in [1.165, 1.54) is 11.1 Å². The van der Waals surface area contributed by atoms with Crippen molar-refractivity contribution in [3.63, 3.8) is 0 Å². The number of aliphatic hydroxyl groups excluding tert-OH is 1. The van der Waals surface area contributed by atoms with E-state index in [2.05, 4.69) is 20.8 Å². The first-order chi connectivity index (χ1) is 11.3. The number of hydrogen-bond acceptors (Lipinski definition) is 4. The molecule has 2 aliphatic heterocycles. The van der Waals surface area contributed by atoms with Crippen LogP contribution in [0.5, 0.6) is 0 Å². The minimum absolute atomic E-state index is 0.0646. The number of carbonyl (C=O) groups excluding carboxylic acids is 1. The summed E-state index contributed by atoms with van der Waals surface area (Å²) in [5.41, 5.74) is 3.67. The van der Waals surface area contributed by atoms with Crippen molar-refractivity contribution in [1.82, 2.24) is 0 Å². The van der Waals surface area contributed by atoms with Crippen molar-refractivity contribution in [3.05, 3.63) is 22.8 Å². The molecule has 0 unspecified atom stereocenters. The Morgan fingerprint density at radius 3 is 2.75 bits per heavy atom. The molecule has 24 heavy (non-hydrogen) atoms. The predicted molar refractivity (Wildman–Crippen MR) is 90.3 cm³/mol. The molecule has 0 amide bonds. The van der Waals surface area contributed by atoms with Crippen LogP contribution in [0.3, 0.4) is 0 Å². The Balaban J connectivity index is 1.67. The van der Waals surface area contributed by atoms with Crippen molar-refractivity contribution in [1.29, 1.82) is 0 Å². The topological polar surface area (TPSA) is 55.8 Å². The zero-order valence-corrected chi connectivity index (χ0v) is 14.9. The van der Waals surface area contributed by atoms with Crippen LogP contribution in [-0.4, -0.2) is 36.5 Å². The minimum atomic E-state index is -0.221. The van der Waals surface area contributed by atoms with Gasteiger partial charge in [-0.1, -0.05) is 26.3 Å². The van der Waals surface area contributed by atoms with E-state index in [-0.39, 0.29) is 29.0 Å². The molecule has 0 aromatic rings. The van der Waals surface area contributed by atoms with Crippen LogP contribution < -0.4 is 0 Å². The van der Waals surface area contributed by atoms with Crippen molar-refractivity contribution >= 4 is 5.97 Å². The smallest absolute Gasteiger partial charge is 0.336 e. The molecule has 0 aromatic carbocycles. The van der Waals surface area contributed by atoms with Crippen molar-refractivity contribution in [2.24, 2.45) is 16.7 Å². The maximum Gasteiger partial charge on any atom is 0.336 e. The van der Waals surface area contributed by atoms with Gasteiger partial charge in [-0.25, -0.2) is 4.79 Å². The van der Waals surface area contributed by atoms with Gasteiger partial charge in [-0.05, 0) is 60.5 Å². The number of hydrogen-bond donors (Lipinski definition) is 1. The van der Waals surface area contributed by atoms with Crippen molar-refractivity contribution in [2.75, 3.05) is 13.2 Å². The SMILES string of the molecule is CC1(C)[C@@H](O)CC[C@]2(C)C3=C(CC[C@@H]12)CO[C@@H](C1=CCOC1=O)C3. The summed E-state index contributed by atoms with van der Waals surface area (Å²) < 4.78 is 11.1. The summed E-state index contributed by atoms with van der Waals surface area (Å²) >= 11 is 0. The third kappa shape index (κ3) is 2.22. The molecule has 4 aliphatic rings. The summed E-state index contributed by atoms with van der Waals surface area (Å²) in [7, 11) is 0. The van der Waals surface area contributed by atoms with Gasteiger partial charge in [-0.15, -0.1) is 0 Å². The van der Waals surface area contributed by atoms with E-state index in [9.17, 15) is 9.90 Å². The number of carbonyl (C=O) groups is 1. The molecule has 1 saturated carbocycles. The lowest BCUT2D eigenvalue weighted by Crippen LogP contribution is -2.53. The van der Waals surface area contributed by atoms with E-state index < -0.39 is 0 Å². The lowest BCUT2D eigenvalue weighted by Gasteiger charge is -2.58. The second-order valence-electron chi connectivity index (χ2n) is 8.73. The Hall–Kier alpha value is -1.13. The van der Waals surface area contributed by atoms with E-state index in [0.29, 0.717) is 24.7 Å². The van der Waals surface area contributed by atoms with Crippen LogP contribution in [0.15, 0.2) is 22.8 Å². The maximum atomic E-state index is 11.9. The summed E-state index contributed by atoms with van der Waals surface area (Å²) in [6.45, 7) is 7.83. The van der Waals surface area contributed by atoms with Crippen LogP contribution >= 0.6 is 0 Å². The fourth-order valence-corrected chi connectivity index (χ4v) is 5.78. The molecule has 4 atom stereocenters. The molecule has 4 rings (SSSR count). The van der Waals surface area contributed by atoms with Gasteiger partial charge in [0, 0.05) is 0 Å². The largest absolute Gasteiger partial charge is 0.458 e.